The summed E-state index contributed by atoms with van der Waals surface area (Å²) in [5.74, 6) is -1.18. The zero-order valence-electron chi connectivity index (χ0n) is 23.2. The second kappa shape index (κ2) is 12.0. The Labute approximate surface area is 232 Å². The third kappa shape index (κ3) is 6.18. The molecule has 1 aliphatic heterocycles. The van der Waals surface area contributed by atoms with Crippen molar-refractivity contribution in [3.63, 3.8) is 0 Å². The number of ether oxygens (including phenoxy) is 1. The first-order valence-corrected chi connectivity index (χ1v) is 13.4. The number of halogens is 3. The predicted molar refractivity (Wildman–Crippen MR) is 147 cm³/mol. The van der Waals surface area contributed by atoms with Crippen LogP contribution >= 0.6 is 0 Å². The van der Waals surface area contributed by atoms with Gasteiger partial charge in [0.2, 0.25) is 5.91 Å². The fraction of sp³-hybridized carbons (Fsp3) is 0.467. The van der Waals surface area contributed by atoms with Crippen molar-refractivity contribution in [3.05, 3.63) is 59.8 Å². The Bertz CT molecular complexity index is 1370. The Kier molecular flexibility index (Phi) is 8.90. The summed E-state index contributed by atoms with van der Waals surface area (Å²) in [5, 5.41) is 11.0. The predicted octanol–water partition coefficient (Wildman–Crippen LogP) is 5.00. The molecule has 0 aliphatic carbocycles. The second-order valence-electron chi connectivity index (χ2n) is 10.7. The number of carbonyl (C=O) groups is 2. The Morgan fingerprint density at radius 1 is 1.18 bits per heavy atom. The SMILES string of the molecule is C[C@H](CO)N1C[C@H](C)[C@@H](CN(C)C(=O)CCC(F)(F)F)OCc2ccccc2-c2c(n(C)c3ccccc23)C1=O. The van der Waals surface area contributed by atoms with Gasteiger partial charge in [-0.05, 0) is 24.1 Å². The van der Waals surface area contributed by atoms with Crippen LogP contribution in [0.25, 0.3) is 22.0 Å². The van der Waals surface area contributed by atoms with E-state index in [1.54, 1.807) is 11.8 Å². The van der Waals surface area contributed by atoms with Crippen LogP contribution in [0, 0.1) is 5.92 Å². The Hall–Kier alpha value is -3.37. The number of alkyl halides is 3. The molecule has 4 rings (SSSR count). The zero-order chi connectivity index (χ0) is 29.2. The van der Waals surface area contributed by atoms with Crippen molar-refractivity contribution in [3.8, 4) is 11.1 Å². The van der Waals surface area contributed by atoms with Gasteiger partial charge in [-0.1, -0.05) is 49.4 Å². The van der Waals surface area contributed by atoms with E-state index in [2.05, 4.69) is 0 Å². The summed E-state index contributed by atoms with van der Waals surface area (Å²) in [7, 11) is 3.32. The first-order valence-electron chi connectivity index (χ1n) is 13.4. The van der Waals surface area contributed by atoms with Crippen LogP contribution in [-0.4, -0.2) is 76.4 Å². The summed E-state index contributed by atoms with van der Waals surface area (Å²) in [6, 6.07) is 14.9. The molecule has 40 heavy (non-hydrogen) atoms. The number of aromatic nitrogens is 1. The normalized spacial score (nSPS) is 19.1. The monoisotopic (exact) mass is 559 g/mol. The number of amides is 2. The minimum Gasteiger partial charge on any atom is -0.394 e. The molecule has 0 radical (unpaired) electrons. The highest BCUT2D eigenvalue weighted by atomic mass is 19.4. The van der Waals surface area contributed by atoms with Gasteiger partial charge in [-0.25, -0.2) is 0 Å². The molecule has 0 saturated heterocycles. The lowest BCUT2D eigenvalue weighted by atomic mass is 9.96. The van der Waals surface area contributed by atoms with Crippen LogP contribution in [-0.2, 0) is 23.2 Å². The number of likely N-dealkylation sites (N-methyl/N-ethyl adjacent to an activating group) is 1. The van der Waals surface area contributed by atoms with E-state index in [1.165, 1.54) is 11.9 Å². The molecule has 7 nitrogen and oxygen atoms in total. The number of para-hydroxylation sites is 1. The molecule has 0 spiro atoms. The number of carbonyl (C=O) groups excluding carboxylic acids is 2. The van der Waals surface area contributed by atoms with Gasteiger partial charge in [-0.15, -0.1) is 0 Å². The molecule has 2 amide bonds. The van der Waals surface area contributed by atoms with Crippen molar-refractivity contribution in [1.29, 1.82) is 0 Å². The number of fused-ring (bicyclic) bond motifs is 5. The molecule has 2 heterocycles. The molecule has 2 aromatic carbocycles. The molecular formula is C30H36F3N3O4. The van der Waals surface area contributed by atoms with Crippen molar-refractivity contribution < 1.29 is 32.6 Å². The second-order valence-corrected chi connectivity index (χ2v) is 10.7. The van der Waals surface area contributed by atoms with Crippen molar-refractivity contribution in [2.24, 2.45) is 13.0 Å². The smallest absolute Gasteiger partial charge is 0.389 e. The van der Waals surface area contributed by atoms with Gasteiger partial charge in [0.1, 0.15) is 5.69 Å². The number of rotatable bonds is 6. The largest absolute Gasteiger partial charge is 0.394 e. The molecule has 3 atom stereocenters. The van der Waals surface area contributed by atoms with E-state index in [0.29, 0.717) is 5.69 Å². The van der Waals surface area contributed by atoms with Gasteiger partial charge in [0.15, 0.2) is 0 Å². The third-order valence-corrected chi connectivity index (χ3v) is 7.73. The van der Waals surface area contributed by atoms with E-state index >= 15 is 0 Å². The maximum Gasteiger partial charge on any atom is 0.389 e. The molecule has 0 saturated carbocycles. The number of hydrogen-bond acceptors (Lipinski definition) is 4. The standard InChI is InChI=1S/C30H36F3N3O4/c1-19-15-36(20(2)17-37)29(39)28-27(23-11-7-8-12-24(23)35(28)4)22-10-6-5-9-21(22)18-40-25(19)16-34(3)26(38)13-14-30(31,32)33/h5-12,19-20,25,37H,13-18H2,1-4H3/t19-,20+,25+/m0/s1. The van der Waals surface area contributed by atoms with Crippen LogP contribution in [0.4, 0.5) is 13.2 Å². The van der Waals surface area contributed by atoms with E-state index in [-0.39, 0.29) is 38.1 Å². The summed E-state index contributed by atoms with van der Waals surface area (Å²) >= 11 is 0. The summed E-state index contributed by atoms with van der Waals surface area (Å²) in [6.45, 7) is 3.86. The van der Waals surface area contributed by atoms with Crippen LogP contribution in [0.5, 0.6) is 0 Å². The molecule has 1 aliphatic rings. The van der Waals surface area contributed by atoms with Gasteiger partial charge < -0.3 is 24.2 Å². The quantitative estimate of drug-likeness (QED) is 0.461. The number of hydrogen-bond donors (Lipinski definition) is 1. The van der Waals surface area contributed by atoms with E-state index in [1.807, 2.05) is 67.1 Å². The molecule has 216 valence electrons. The Morgan fingerprint density at radius 2 is 1.85 bits per heavy atom. The lowest BCUT2D eigenvalue weighted by Crippen LogP contribution is -2.48. The maximum absolute atomic E-state index is 14.3. The number of aliphatic hydroxyl groups excluding tert-OH is 1. The van der Waals surface area contributed by atoms with Crippen LogP contribution in [0.1, 0.15) is 42.7 Å². The lowest BCUT2D eigenvalue weighted by molar-refractivity contribution is -0.149. The average molecular weight is 560 g/mol. The highest BCUT2D eigenvalue weighted by Crippen LogP contribution is 2.38. The van der Waals surface area contributed by atoms with Crippen molar-refractivity contribution in [2.45, 2.75) is 51.6 Å². The highest BCUT2D eigenvalue weighted by molar-refractivity contribution is 6.10. The van der Waals surface area contributed by atoms with Crippen LogP contribution < -0.4 is 0 Å². The number of benzene rings is 2. The average Bonchev–Trinajstić information content (AvgIpc) is 3.22. The van der Waals surface area contributed by atoms with Gasteiger partial charge in [0, 0.05) is 56.0 Å². The number of aliphatic hydroxyl groups is 1. The van der Waals surface area contributed by atoms with E-state index < -0.39 is 37.1 Å². The van der Waals surface area contributed by atoms with Crippen LogP contribution in [0.15, 0.2) is 48.5 Å². The summed E-state index contributed by atoms with van der Waals surface area (Å²) < 4.78 is 46.4. The molecular weight excluding hydrogens is 523 g/mol. The molecule has 10 heteroatoms. The van der Waals surface area contributed by atoms with Gasteiger partial charge in [0.25, 0.3) is 5.91 Å². The number of nitrogens with zero attached hydrogens (tertiary/aromatic N) is 3. The molecule has 1 aromatic heterocycles. The molecule has 1 N–H and O–H groups in total. The van der Waals surface area contributed by atoms with Gasteiger partial charge >= 0.3 is 6.18 Å². The van der Waals surface area contributed by atoms with Crippen molar-refractivity contribution in [2.75, 3.05) is 26.7 Å². The molecule has 0 unspecified atom stereocenters. The van der Waals surface area contributed by atoms with E-state index in [0.717, 1.165) is 27.6 Å². The fourth-order valence-electron chi connectivity index (χ4n) is 5.34. The summed E-state index contributed by atoms with van der Waals surface area (Å²) in [6.07, 6.45) is -6.82. The highest BCUT2D eigenvalue weighted by Gasteiger charge is 2.34. The van der Waals surface area contributed by atoms with Crippen LogP contribution in [0.2, 0.25) is 0 Å². The third-order valence-electron chi connectivity index (χ3n) is 7.73. The van der Waals surface area contributed by atoms with E-state index in [9.17, 15) is 27.9 Å². The van der Waals surface area contributed by atoms with E-state index in [4.69, 9.17) is 4.74 Å². The van der Waals surface area contributed by atoms with Gasteiger partial charge in [-0.2, -0.15) is 13.2 Å². The van der Waals surface area contributed by atoms with Crippen molar-refractivity contribution >= 4 is 22.7 Å². The molecule has 0 fully saturated rings. The lowest BCUT2D eigenvalue weighted by Gasteiger charge is -2.35. The first kappa shape index (κ1) is 29.6. The Morgan fingerprint density at radius 3 is 2.55 bits per heavy atom. The fourth-order valence-corrected chi connectivity index (χ4v) is 5.34. The molecule has 3 aromatic rings. The maximum atomic E-state index is 14.3. The minimum absolute atomic E-state index is 0.0610. The minimum atomic E-state index is -4.42. The van der Waals surface area contributed by atoms with Crippen LogP contribution in [0.3, 0.4) is 0 Å². The topological polar surface area (TPSA) is 75.0 Å². The zero-order valence-corrected chi connectivity index (χ0v) is 23.2. The van der Waals surface area contributed by atoms with Gasteiger partial charge in [0.05, 0.1) is 31.8 Å². The summed E-state index contributed by atoms with van der Waals surface area (Å²) in [4.78, 5) is 29.7. The summed E-state index contributed by atoms with van der Waals surface area (Å²) in [5.41, 5.74) is 3.86. The van der Waals surface area contributed by atoms with Crippen molar-refractivity contribution in [1.82, 2.24) is 14.4 Å². The number of aryl methyl sites for hydroxylation is 1. The molecule has 0 bridgehead atoms. The van der Waals surface area contributed by atoms with Gasteiger partial charge in [-0.3, -0.25) is 9.59 Å². The first-order chi connectivity index (χ1) is 18.9. The Balaban J connectivity index is 1.78.